The van der Waals surface area contributed by atoms with E-state index >= 15 is 0 Å². The van der Waals surface area contributed by atoms with Crippen LogP contribution in [-0.4, -0.2) is 53.0 Å². The number of hydrogen-bond donors (Lipinski definition) is 4. The van der Waals surface area contributed by atoms with E-state index < -0.39 is 0 Å². The number of fused-ring (bicyclic) bond motifs is 1. The molecule has 0 unspecified atom stereocenters. The van der Waals surface area contributed by atoms with E-state index in [1.165, 1.54) is 11.8 Å². The van der Waals surface area contributed by atoms with Crippen molar-refractivity contribution in [2.75, 3.05) is 20.2 Å². The molecule has 0 saturated heterocycles. The number of nitrogens with zero attached hydrogens (tertiary/aromatic N) is 2. The van der Waals surface area contributed by atoms with Crippen LogP contribution < -0.4 is 21.1 Å². The van der Waals surface area contributed by atoms with Crippen LogP contribution in [0.1, 0.15) is 121 Å². The van der Waals surface area contributed by atoms with Crippen molar-refractivity contribution in [3.63, 3.8) is 0 Å². The third-order valence-electron chi connectivity index (χ3n) is 8.83. The predicted molar refractivity (Wildman–Crippen MR) is 228 cm³/mol. The summed E-state index contributed by atoms with van der Waals surface area (Å²) < 4.78 is 6.21. The molecule has 0 bridgehead atoms. The van der Waals surface area contributed by atoms with Crippen LogP contribution in [0.2, 0.25) is 0 Å². The number of ether oxygens (including phenoxy) is 1. The Morgan fingerprint density at radius 2 is 1.69 bits per heavy atom. The lowest BCUT2D eigenvalue weighted by Gasteiger charge is -2.16. The maximum absolute atomic E-state index is 13.1. The number of benzene rings is 2. The number of unbranched alkanes of at least 4 members (excludes halogenated alkanes) is 4. The number of carbonyl (C=O) groups is 3. The molecule has 0 radical (unpaired) electrons. The van der Waals surface area contributed by atoms with Crippen LogP contribution in [0.5, 0.6) is 5.75 Å². The summed E-state index contributed by atoms with van der Waals surface area (Å²) in [4.78, 5) is 41.0. The number of nitrogens with two attached hydrogens (primary N) is 1. The molecular formula is C44H62N6O4S. The summed E-state index contributed by atoms with van der Waals surface area (Å²) in [6.07, 6.45) is 16.1. The molecule has 0 saturated carbocycles. The van der Waals surface area contributed by atoms with Gasteiger partial charge in [0.05, 0.1) is 22.5 Å². The number of carbonyl (C=O) groups excluding carboxylic acids is 3. The van der Waals surface area contributed by atoms with Gasteiger partial charge in [0.15, 0.2) is 0 Å². The zero-order valence-electron chi connectivity index (χ0n) is 33.9. The Balaban J connectivity index is 0.000000927. The van der Waals surface area contributed by atoms with Gasteiger partial charge in [0, 0.05) is 59.4 Å². The predicted octanol–water partition coefficient (Wildman–Crippen LogP) is 9.77. The number of aromatic nitrogens is 3. The summed E-state index contributed by atoms with van der Waals surface area (Å²) in [5.74, 6) is 0.610. The average molecular weight is 771 g/mol. The fourth-order valence-electron chi connectivity index (χ4n) is 5.53. The van der Waals surface area contributed by atoms with Crippen LogP contribution in [0.25, 0.3) is 23.1 Å². The first-order valence-electron chi connectivity index (χ1n) is 19.7. The van der Waals surface area contributed by atoms with Crippen LogP contribution in [0.3, 0.4) is 0 Å². The zero-order valence-corrected chi connectivity index (χ0v) is 34.7. The summed E-state index contributed by atoms with van der Waals surface area (Å²) in [5, 5.41) is 14.8. The maximum atomic E-state index is 13.1. The number of H-pyrrole nitrogens is 1. The Kier molecular flexibility index (Phi) is 22.5. The first-order valence-corrected chi connectivity index (χ1v) is 20.5. The monoisotopic (exact) mass is 770 g/mol. The zero-order chi connectivity index (χ0) is 40.4. The van der Waals surface area contributed by atoms with Gasteiger partial charge in [0.1, 0.15) is 18.1 Å². The fourth-order valence-corrected chi connectivity index (χ4v) is 6.54. The molecular weight excluding hydrogens is 709 g/mol. The fraction of sp³-hybridized carbons (Fsp3) is 0.432. The van der Waals surface area contributed by atoms with Crippen molar-refractivity contribution in [1.82, 2.24) is 25.8 Å². The number of rotatable bonds is 21. The number of aromatic amines is 1. The van der Waals surface area contributed by atoms with Gasteiger partial charge in [-0.3, -0.25) is 24.5 Å². The van der Waals surface area contributed by atoms with Gasteiger partial charge in [-0.2, -0.15) is 5.10 Å². The molecule has 0 aliphatic heterocycles. The van der Waals surface area contributed by atoms with E-state index in [0.29, 0.717) is 36.5 Å². The number of nitrogens with one attached hydrogen (secondary N) is 3. The van der Waals surface area contributed by atoms with Gasteiger partial charge in [-0.05, 0) is 87.2 Å². The maximum Gasteiger partial charge on any atom is 0.255 e. The van der Waals surface area contributed by atoms with Crippen LogP contribution >= 0.6 is 11.8 Å². The SMILES string of the molecule is C/C=C(/COc1cccc(Sc2ccc3c(/C=C/c4ccccn4)n[nH]c3c2)c1C(=O)NC)NCCCCCCCC(=O)CC.CC.CCC(CC)C(N)=O. The highest BCUT2D eigenvalue weighted by molar-refractivity contribution is 7.99. The van der Waals surface area contributed by atoms with Gasteiger partial charge in [-0.15, -0.1) is 0 Å². The molecule has 2 aromatic heterocycles. The lowest BCUT2D eigenvalue weighted by atomic mass is 10.0. The smallest absolute Gasteiger partial charge is 0.255 e. The highest BCUT2D eigenvalue weighted by Crippen LogP contribution is 2.36. The van der Waals surface area contributed by atoms with Gasteiger partial charge in [0.2, 0.25) is 5.91 Å². The van der Waals surface area contributed by atoms with Gasteiger partial charge in [-0.25, -0.2) is 0 Å². The first kappa shape index (κ1) is 46.3. The standard InChI is InChI=1S/C36H43N5O3S.C6H13NO.C2H6/c1-4-26(38-22-11-8-6-7-9-15-28(42)5-2)25-44-33-16-13-17-34(35(33)36(43)37-3)45-29-19-20-30-31(40-41-32(30)24-29)21-18-27-14-10-12-23-39-27;1-3-5(4-2)6(7)8;1-2/h4,10,12-14,16-21,23-24,38H,5-9,11,15,22,25H2,1-3H3,(H,37,43)(H,40,41);5H,3-4H2,1-2H3,(H2,7,8);1-2H3/b21-18+,26-4-;;. The molecule has 2 amide bonds. The summed E-state index contributed by atoms with van der Waals surface area (Å²) in [6, 6.07) is 17.6. The van der Waals surface area contributed by atoms with Crippen LogP contribution in [-0.2, 0) is 9.59 Å². The van der Waals surface area contributed by atoms with Crippen molar-refractivity contribution >= 4 is 52.4 Å². The number of allylic oxidation sites excluding steroid dienone is 1. The van der Waals surface area contributed by atoms with Crippen molar-refractivity contribution in [3.8, 4) is 5.75 Å². The van der Waals surface area contributed by atoms with Crippen molar-refractivity contribution in [2.24, 2.45) is 11.7 Å². The minimum absolute atomic E-state index is 0.0926. The molecule has 0 fully saturated rings. The molecule has 0 spiro atoms. The number of pyridine rings is 1. The molecule has 5 N–H and O–H groups in total. The molecule has 298 valence electrons. The van der Waals surface area contributed by atoms with Gasteiger partial charge >= 0.3 is 0 Å². The van der Waals surface area contributed by atoms with E-state index in [1.807, 2.05) is 114 Å². The molecule has 0 atom stereocenters. The quantitative estimate of drug-likeness (QED) is 0.0612. The van der Waals surface area contributed by atoms with Gasteiger partial charge in [0.25, 0.3) is 5.91 Å². The molecule has 11 heteroatoms. The van der Waals surface area contributed by atoms with E-state index in [1.54, 1.807) is 13.2 Å². The van der Waals surface area contributed by atoms with Crippen molar-refractivity contribution < 1.29 is 19.1 Å². The Hall–Kier alpha value is -4.90. The van der Waals surface area contributed by atoms with Crippen molar-refractivity contribution in [3.05, 3.63) is 89.5 Å². The Morgan fingerprint density at radius 3 is 2.33 bits per heavy atom. The lowest BCUT2D eigenvalue weighted by Crippen LogP contribution is -2.22. The molecule has 2 heterocycles. The summed E-state index contributed by atoms with van der Waals surface area (Å²) in [5.41, 5.74) is 9.11. The van der Waals surface area contributed by atoms with E-state index in [4.69, 9.17) is 10.5 Å². The van der Waals surface area contributed by atoms with E-state index in [9.17, 15) is 14.4 Å². The van der Waals surface area contributed by atoms with Gasteiger partial charge in [-0.1, -0.05) is 83.9 Å². The topological polar surface area (TPSA) is 152 Å². The summed E-state index contributed by atoms with van der Waals surface area (Å²) in [6.45, 7) is 13.0. The Labute approximate surface area is 332 Å². The van der Waals surface area contributed by atoms with E-state index in [2.05, 4.69) is 25.8 Å². The lowest BCUT2D eigenvalue weighted by molar-refractivity contribution is -0.122. The number of amides is 2. The molecule has 2 aromatic carbocycles. The van der Waals surface area contributed by atoms with Gasteiger partial charge < -0.3 is 21.1 Å². The Morgan fingerprint density at radius 1 is 0.945 bits per heavy atom. The van der Waals surface area contributed by atoms with Crippen molar-refractivity contribution in [1.29, 1.82) is 0 Å². The Bertz CT molecular complexity index is 1800. The van der Waals surface area contributed by atoms with E-state index in [0.717, 1.165) is 89.3 Å². The first-order chi connectivity index (χ1) is 26.7. The van der Waals surface area contributed by atoms with Crippen LogP contribution in [0.15, 0.2) is 82.4 Å². The third-order valence-corrected chi connectivity index (χ3v) is 9.88. The second-order valence-electron chi connectivity index (χ2n) is 12.6. The number of ketones is 1. The van der Waals surface area contributed by atoms with Crippen LogP contribution in [0, 0.1) is 5.92 Å². The van der Waals surface area contributed by atoms with Crippen molar-refractivity contribution in [2.45, 2.75) is 109 Å². The minimum atomic E-state index is -0.201. The largest absolute Gasteiger partial charge is 0.487 e. The minimum Gasteiger partial charge on any atom is -0.487 e. The number of primary amides is 1. The van der Waals surface area contributed by atoms with E-state index in [-0.39, 0.29) is 17.7 Å². The number of hydrogen-bond acceptors (Lipinski definition) is 8. The van der Waals surface area contributed by atoms with Crippen LogP contribution in [0.4, 0.5) is 0 Å². The molecule has 0 aliphatic rings. The molecule has 0 aliphatic carbocycles. The molecule has 10 nitrogen and oxygen atoms in total. The highest BCUT2D eigenvalue weighted by atomic mass is 32.2. The molecule has 4 aromatic rings. The number of Topliss-reactive ketones (excluding diaryl/α,β-unsaturated/α-hetero) is 1. The molecule has 4 rings (SSSR count). The second kappa shape index (κ2) is 26.8. The summed E-state index contributed by atoms with van der Waals surface area (Å²) in [7, 11) is 1.63. The normalized spacial score (nSPS) is 11.1. The molecule has 55 heavy (non-hydrogen) atoms. The second-order valence-corrected chi connectivity index (χ2v) is 13.7. The summed E-state index contributed by atoms with van der Waals surface area (Å²) >= 11 is 1.51. The third kappa shape index (κ3) is 16.2. The highest BCUT2D eigenvalue weighted by Gasteiger charge is 2.18. The average Bonchev–Trinajstić information content (AvgIpc) is 3.62.